The molecule has 0 spiro atoms. The number of anilines is 1. The Morgan fingerprint density at radius 1 is 1.38 bits per heavy atom. The van der Waals surface area contributed by atoms with Crippen LogP contribution in [0.5, 0.6) is 0 Å². The highest BCUT2D eigenvalue weighted by molar-refractivity contribution is 5.57. The maximum absolute atomic E-state index is 12.7. The van der Waals surface area contributed by atoms with E-state index in [1.165, 1.54) is 0 Å². The summed E-state index contributed by atoms with van der Waals surface area (Å²) >= 11 is 0. The molecule has 2 aromatic rings. The molecule has 1 fully saturated rings. The summed E-state index contributed by atoms with van der Waals surface area (Å²) in [5.41, 5.74) is 0.511. The van der Waals surface area contributed by atoms with Crippen LogP contribution in [0, 0.1) is 18.3 Å². The summed E-state index contributed by atoms with van der Waals surface area (Å²) in [6.45, 7) is 3.04. The molecule has 0 aromatic carbocycles. The number of nitrogens with zero attached hydrogens (tertiary/aromatic N) is 4. The van der Waals surface area contributed by atoms with Crippen LogP contribution in [0.1, 0.15) is 41.4 Å². The van der Waals surface area contributed by atoms with E-state index in [0.29, 0.717) is 30.3 Å². The average Bonchev–Trinajstić information content (AvgIpc) is 3.05. The molecule has 8 heteroatoms. The number of aryl methyl sites for hydroxylation is 1. The van der Waals surface area contributed by atoms with E-state index in [1.807, 2.05) is 11.8 Å². The van der Waals surface area contributed by atoms with E-state index in [9.17, 15) is 18.4 Å². The number of H-pyrrole nitrogens is 1. The topological polar surface area (TPSA) is 68.6 Å². The van der Waals surface area contributed by atoms with Crippen LogP contribution in [0.3, 0.4) is 0 Å². The molecular weight excluding hydrogens is 319 g/mol. The second-order valence-electron chi connectivity index (χ2n) is 5.90. The number of halogens is 3. The normalized spacial score (nSPS) is 18.5. The zero-order chi connectivity index (χ0) is 17.3. The molecule has 5 nitrogen and oxygen atoms in total. The molecule has 1 N–H and O–H groups in total. The van der Waals surface area contributed by atoms with E-state index < -0.39 is 11.9 Å². The van der Waals surface area contributed by atoms with Crippen molar-refractivity contribution in [1.82, 2.24) is 15.0 Å². The highest BCUT2D eigenvalue weighted by atomic mass is 19.4. The van der Waals surface area contributed by atoms with Crippen LogP contribution in [0.2, 0.25) is 0 Å². The largest absolute Gasteiger partial charge is 0.432 e. The lowest BCUT2D eigenvalue weighted by Crippen LogP contribution is -2.36. The van der Waals surface area contributed by atoms with E-state index in [2.05, 4.69) is 21.0 Å². The molecule has 126 valence electrons. The van der Waals surface area contributed by atoms with Gasteiger partial charge >= 0.3 is 6.18 Å². The van der Waals surface area contributed by atoms with Crippen LogP contribution in [-0.2, 0) is 6.18 Å². The Morgan fingerprint density at radius 3 is 2.83 bits per heavy atom. The lowest BCUT2D eigenvalue weighted by atomic mass is 9.96. The summed E-state index contributed by atoms with van der Waals surface area (Å²) in [5.74, 6) is 0.770. The van der Waals surface area contributed by atoms with Crippen molar-refractivity contribution in [3.05, 3.63) is 41.1 Å². The van der Waals surface area contributed by atoms with Crippen LogP contribution in [0.4, 0.5) is 19.0 Å². The van der Waals surface area contributed by atoms with E-state index in [4.69, 9.17) is 0 Å². The van der Waals surface area contributed by atoms with Crippen LogP contribution in [0.15, 0.2) is 18.5 Å². The lowest BCUT2D eigenvalue weighted by Gasteiger charge is -2.33. The van der Waals surface area contributed by atoms with Crippen molar-refractivity contribution in [3.63, 3.8) is 0 Å². The Bertz CT molecular complexity index is 775. The number of aromatic amines is 1. The fraction of sp³-hybridized carbons (Fsp3) is 0.438. The SMILES string of the molecule is Cc1ccnc(N2CCC[C@H](c3ncc(C(F)(F)F)[nH]3)C2)c1C#N. The summed E-state index contributed by atoms with van der Waals surface area (Å²) in [6, 6.07) is 3.93. The summed E-state index contributed by atoms with van der Waals surface area (Å²) in [5, 5.41) is 9.35. The molecule has 0 saturated carbocycles. The number of pyridine rings is 1. The van der Waals surface area contributed by atoms with Crippen molar-refractivity contribution in [2.45, 2.75) is 31.9 Å². The van der Waals surface area contributed by atoms with Crippen LogP contribution < -0.4 is 4.90 Å². The Morgan fingerprint density at radius 2 is 2.17 bits per heavy atom. The molecular formula is C16H16F3N5. The number of nitriles is 1. The number of hydrogen-bond donors (Lipinski definition) is 1. The quantitative estimate of drug-likeness (QED) is 0.913. The van der Waals surface area contributed by atoms with Gasteiger partial charge < -0.3 is 9.88 Å². The highest BCUT2D eigenvalue weighted by Gasteiger charge is 2.34. The molecule has 0 radical (unpaired) electrons. The molecule has 1 saturated heterocycles. The Balaban J connectivity index is 1.84. The molecule has 1 aliphatic heterocycles. The summed E-state index contributed by atoms with van der Waals surface area (Å²) < 4.78 is 38.2. The fourth-order valence-corrected chi connectivity index (χ4v) is 3.00. The van der Waals surface area contributed by atoms with Gasteiger partial charge in [-0.2, -0.15) is 18.4 Å². The molecule has 0 unspecified atom stereocenters. The molecule has 0 aliphatic carbocycles. The van der Waals surface area contributed by atoms with Crippen molar-refractivity contribution in [2.24, 2.45) is 0 Å². The Kier molecular flexibility index (Phi) is 4.18. The Labute approximate surface area is 137 Å². The van der Waals surface area contributed by atoms with Gasteiger partial charge in [0.1, 0.15) is 23.4 Å². The van der Waals surface area contributed by atoms with Crippen LogP contribution in [0.25, 0.3) is 0 Å². The van der Waals surface area contributed by atoms with E-state index >= 15 is 0 Å². The molecule has 0 amide bonds. The number of piperidine rings is 1. The second kappa shape index (κ2) is 6.15. The smallest absolute Gasteiger partial charge is 0.355 e. The summed E-state index contributed by atoms with van der Waals surface area (Å²) in [6.07, 6.45) is -0.405. The average molecular weight is 335 g/mol. The number of aromatic nitrogens is 3. The third-order valence-electron chi connectivity index (χ3n) is 4.26. The van der Waals surface area contributed by atoms with Crippen molar-refractivity contribution in [3.8, 4) is 6.07 Å². The standard InChI is InChI=1S/C16H16F3N5/c1-10-4-5-21-15(12(10)7-20)24-6-2-3-11(9-24)14-22-8-13(23-14)16(17,18)19/h4-5,8,11H,2-3,6,9H2,1H3,(H,22,23)/t11-/m0/s1. The monoisotopic (exact) mass is 335 g/mol. The van der Waals surface area contributed by atoms with E-state index in [1.54, 1.807) is 12.3 Å². The van der Waals surface area contributed by atoms with Gasteiger partial charge in [0.05, 0.1) is 11.8 Å². The number of nitrogens with one attached hydrogen (secondary N) is 1. The van der Waals surface area contributed by atoms with Crippen LogP contribution >= 0.6 is 0 Å². The van der Waals surface area contributed by atoms with Gasteiger partial charge in [0, 0.05) is 25.2 Å². The first-order valence-electron chi connectivity index (χ1n) is 7.63. The number of alkyl halides is 3. The van der Waals surface area contributed by atoms with Gasteiger partial charge in [0.25, 0.3) is 0 Å². The maximum atomic E-state index is 12.7. The predicted octanol–water partition coefficient (Wildman–Crippen LogP) is 3.39. The van der Waals surface area contributed by atoms with Gasteiger partial charge in [-0.15, -0.1) is 0 Å². The second-order valence-corrected chi connectivity index (χ2v) is 5.90. The van der Waals surface area contributed by atoms with Crippen molar-refractivity contribution in [2.75, 3.05) is 18.0 Å². The minimum Gasteiger partial charge on any atom is -0.355 e. The third-order valence-corrected chi connectivity index (χ3v) is 4.26. The fourth-order valence-electron chi connectivity index (χ4n) is 3.00. The molecule has 3 rings (SSSR count). The molecule has 2 aromatic heterocycles. The van der Waals surface area contributed by atoms with Gasteiger partial charge in [-0.05, 0) is 31.4 Å². The van der Waals surface area contributed by atoms with Gasteiger partial charge in [0.2, 0.25) is 0 Å². The number of rotatable bonds is 2. The minimum absolute atomic E-state index is 0.149. The molecule has 3 heterocycles. The first-order valence-corrected chi connectivity index (χ1v) is 7.63. The molecule has 1 aliphatic rings. The van der Waals surface area contributed by atoms with Gasteiger partial charge in [-0.3, -0.25) is 0 Å². The van der Waals surface area contributed by atoms with E-state index in [0.717, 1.165) is 24.6 Å². The molecule has 0 bridgehead atoms. The van der Waals surface area contributed by atoms with Gasteiger partial charge in [-0.25, -0.2) is 9.97 Å². The first-order chi connectivity index (χ1) is 11.4. The predicted molar refractivity (Wildman–Crippen MR) is 81.5 cm³/mol. The zero-order valence-electron chi connectivity index (χ0n) is 13.1. The number of imidazole rings is 1. The summed E-state index contributed by atoms with van der Waals surface area (Å²) in [4.78, 5) is 12.5. The highest BCUT2D eigenvalue weighted by Crippen LogP contribution is 2.32. The van der Waals surface area contributed by atoms with Crippen LogP contribution in [-0.4, -0.2) is 28.0 Å². The zero-order valence-corrected chi connectivity index (χ0v) is 13.1. The van der Waals surface area contributed by atoms with Crippen molar-refractivity contribution >= 4 is 5.82 Å². The minimum atomic E-state index is -4.42. The number of hydrogen-bond acceptors (Lipinski definition) is 4. The summed E-state index contributed by atoms with van der Waals surface area (Å²) in [7, 11) is 0. The molecule has 1 atom stereocenters. The lowest BCUT2D eigenvalue weighted by molar-refractivity contribution is -0.141. The van der Waals surface area contributed by atoms with Gasteiger partial charge in [-0.1, -0.05) is 0 Å². The first kappa shape index (κ1) is 16.3. The maximum Gasteiger partial charge on any atom is 0.432 e. The van der Waals surface area contributed by atoms with E-state index in [-0.39, 0.29) is 5.92 Å². The van der Waals surface area contributed by atoms with Crippen molar-refractivity contribution in [1.29, 1.82) is 5.26 Å². The molecule has 24 heavy (non-hydrogen) atoms. The van der Waals surface area contributed by atoms with Gasteiger partial charge in [0.15, 0.2) is 0 Å². The Hall–Kier alpha value is -2.56. The van der Waals surface area contributed by atoms with Crippen molar-refractivity contribution < 1.29 is 13.2 Å². The third kappa shape index (κ3) is 3.07.